The number of ketones is 2. The number of hydrogen-bond donors (Lipinski definition) is 2. The number of imidazole rings is 2. The first-order valence-electron chi connectivity index (χ1n) is 17.4. The van der Waals surface area contributed by atoms with Crippen molar-refractivity contribution in [1.29, 1.82) is 0 Å². The molecular weight excluding hydrogens is 666 g/mol. The third-order valence-corrected chi connectivity index (χ3v) is 9.52. The number of benzene rings is 2. The predicted molar refractivity (Wildman–Crippen MR) is 193 cm³/mol. The number of carboxylic acid groups (broad SMARTS) is 1. The molecule has 3 aromatic heterocycles. The summed E-state index contributed by atoms with van der Waals surface area (Å²) >= 11 is 0. The van der Waals surface area contributed by atoms with Crippen molar-refractivity contribution in [3.8, 4) is 11.5 Å². The molecule has 14 nitrogen and oxygen atoms in total. The van der Waals surface area contributed by atoms with E-state index < -0.39 is 11.4 Å². The molecule has 5 heterocycles. The van der Waals surface area contributed by atoms with Crippen LogP contribution in [0.4, 0.5) is 5.95 Å². The Morgan fingerprint density at radius 3 is 2.12 bits per heavy atom. The number of carbonyl (C=O) groups is 4. The summed E-state index contributed by atoms with van der Waals surface area (Å²) in [5, 5.41) is 17.1. The van der Waals surface area contributed by atoms with Crippen LogP contribution in [0.3, 0.4) is 0 Å². The molecule has 0 saturated heterocycles. The number of anilines is 1. The highest BCUT2D eigenvalue weighted by Crippen LogP contribution is 2.40. The number of carbonyl (C=O) groups excluding carboxylic acids is 3. The molecule has 0 aliphatic carbocycles. The minimum absolute atomic E-state index is 0.00568. The van der Waals surface area contributed by atoms with Gasteiger partial charge in [0, 0.05) is 17.5 Å². The highest BCUT2D eigenvalue weighted by Gasteiger charge is 2.32. The van der Waals surface area contributed by atoms with Crippen LogP contribution in [0.5, 0.6) is 11.5 Å². The third-order valence-electron chi connectivity index (χ3n) is 9.52. The molecule has 2 aliphatic rings. The summed E-state index contributed by atoms with van der Waals surface area (Å²) in [4.78, 5) is 60.3. The van der Waals surface area contributed by atoms with E-state index in [4.69, 9.17) is 19.4 Å². The van der Waals surface area contributed by atoms with E-state index in [1.165, 1.54) is 19.1 Å². The Morgan fingerprint density at radius 2 is 1.50 bits per heavy atom. The first-order chi connectivity index (χ1) is 24.7. The van der Waals surface area contributed by atoms with Crippen LogP contribution >= 0.6 is 0 Å². The molecule has 1 amide bonds. The maximum atomic E-state index is 13.6. The summed E-state index contributed by atoms with van der Waals surface area (Å²) in [6, 6.07) is 7.79. The monoisotopic (exact) mass is 707 g/mol. The topological polar surface area (TPSA) is 172 Å². The van der Waals surface area contributed by atoms with Crippen molar-refractivity contribution in [2.24, 2.45) is 5.41 Å². The number of aryl methyl sites for hydroxylation is 2. The van der Waals surface area contributed by atoms with Crippen LogP contribution in [0.15, 0.2) is 42.5 Å². The molecule has 7 rings (SSSR count). The zero-order valence-corrected chi connectivity index (χ0v) is 30.0. The zero-order valence-electron chi connectivity index (χ0n) is 30.0. The van der Waals surface area contributed by atoms with E-state index in [1.54, 1.807) is 22.9 Å². The van der Waals surface area contributed by atoms with Gasteiger partial charge in [-0.2, -0.15) is 5.10 Å². The van der Waals surface area contributed by atoms with Crippen LogP contribution in [-0.2, 0) is 17.8 Å². The largest absolute Gasteiger partial charge is 0.489 e. The van der Waals surface area contributed by atoms with E-state index in [9.17, 15) is 24.3 Å². The van der Waals surface area contributed by atoms with Crippen molar-refractivity contribution >= 4 is 51.5 Å². The summed E-state index contributed by atoms with van der Waals surface area (Å²) < 4.78 is 17.9. The second-order valence-corrected chi connectivity index (χ2v) is 14.4. The Balaban J connectivity index is 1.18. The summed E-state index contributed by atoms with van der Waals surface area (Å²) in [5.74, 6) is 0.352. The lowest BCUT2D eigenvalue weighted by atomic mass is 9.96. The van der Waals surface area contributed by atoms with Gasteiger partial charge in [0.05, 0.1) is 40.8 Å². The van der Waals surface area contributed by atoms with E-state index in [0.29, 0.717) is 82.6 Å². The second-order valence-electron chi connectivity index (χ2n) is 14.4. The number of allylic oxidation sites excluding steroid dienone is 2. The molecule has 0 spiro atoms. The van der Waals surface area contributed by atoms with Crippen LogP contribution in [0.25, 0.3) is 22.1 Å². The highest BCUT2D eigenvalue weighted by molar-refractivity contribution is 6.01. The minimum atomic E-state index is -1.09. The van der Waals surface area contributed by atoms with Gasteiger partial charge in [0.15, 0.2) is 11.6 Å². The normalized spacial score (nSPS) is 16.7. The molecule has 2 aromatic carbocycles. The maximum Gasteiger partial charge on any atom is 0.335 e. The molecule has 52 heavy (non-hydrogen) atoms. The van der Waals surface area contributed by atoms with Crippen molar-refractivity contribution in [1.82, 2.24) is 28.9 Å². The predicted octanol–water partition coefficient (Wildman–Crippen LogP) is 6.13. The van der Waals surface area contributed by atoms with E-state index in [1.807, 2.05) is 49.8 Å². The molecule has 14 heteroatoms. The molecule has 0 radical (unpaired) electrons. The van der Waals surface area contributed by atoms with Crippen LogP contribution in [-0.4, -0.2) is 70.6 Å². The first kappa shape index (κ1) is 34.6. The Kier molecular flexibility index (Phi) is 8.71. The Hall–Kier alpha value is -5.79. The summed E-state index contributed by atoms with van der Waals surface area (Å²) in [7, 11) is 0. The fraction of sp³-hybridized carbons (Fsp3) is 0.395. The molecule has 0 fully saturated rings. The van der Waals surface area contributed by atoms with Crippen LogP contribution in [0.1, 0.15) is 102 Å². The standard InChI is InChI=1S/C38H41N7O7/c1-7-43-28(12-20(2)42-43)29(47)17-32-39-26-14-23(35(48)49)16-31-33(26)44(32)24(18-51-31)10-8-9-11-25-19-52-30-15-22(21(3)46)13-27-34(30)45(25)37(40-27)41-36(50)38(4,5)6/h8-9,12-16,24-25H,7,10-11,17-19H2,1-6H3,(H,48,49)(H,40,41,50)/b9-8+/t24-,25-/m0/s1. The van der Waals surface area contributed by atoms with Crippen LogP contribution in [0, 0.1) is 12.3 Å². The SMILES string of the molecule is CCn1nc(C)cc1C(=O)Cc1nc2cc(C(=O)O)cc3c2n1[C@@H](C/C=C/C[C@H]1COc2cc(C(C)=O)cc4nc(NC(=O)C(C)(C)C)n1c24)CO3. The first-order valence-corrected chi connectivity index (χ1v) is 17.4. The van der Waals surface area contributed by atoms with Gasteiger partial charge in [-0.3, -0.25) is 28.9 Å². The van der Waals surface area contributed by atoms with E-state index in [-0.39, 0.29) is 48.1 Å². The Labute approximate surface area is 299 Å². The lowest BCUT2D eigenvalue weighted by Crippen LogP contribution is -2.31. The molecular formula is C38H41N7O7. The van der Waals surface area contributed by atoms with Crippen LogP contribution < -0.4 is 14.8 Å². The number of ether oxygens (including phenoxy) is 2. The lowest BCUT2D eigenvalue weighted by Gasteiger charge is -2.28. The number of hydrogen-bond acceptors (Lipinski definition) is 9. The van der Waals surface area contributed by atoms with Gasteiger partial charge in [0.25, 0.3) is 0 Å². The van der Waals surface area contributed by atoms with E-state index in [0.717, 1.165) is 5.69 Å². The van der Waals surface area contributed by atoms with Gasteiger partial charge in [0.2, 0.25) is 11.9 Å². The number of rotatable bonds is 11. The molecule has 5 aromatic rings. The zero-order chi connectivity index (χ0) is 37.1. The second kappa shape index (κ2) is 13.1. The summed E-state index contributed by atoms with van der Waals surface area (Å²) in [5.41, 5.74) is 3.51. The number of Topliss-reactive ketones (excluding diaryl/α,β-unsaturated/α-hetero) is 2. The van der Waals surface area contributed by atoms with Crippen molar-refractivity contribution in [3.63, 3.8) is 0 Å². The average Bonchev–Trinajstić information content (AvgIpc) is 3.78. The van der Waals surface area contributed by atoms with E-state index in [2.05, 4.69) is 16.5 Å². The van der Waals surface area contributed by atoms with Gasteiger partial charge >= 0.3 is 5.97 Å². The van der Waals surface area contributed by atoms with Gasteiger partial charge < -0.3 is 19.1 Å². The van der Waals surface area contributed by atoms with Crippen LogP contribution in [0.2, 0.25) is 0 Å². The van der Waals surface area contributed by atoms with Crippen molar-refractivity contribution in [3.05, 3.63) is 70.8 Å². The molecule has 2 N–H and O–H groups in total. The smallest absolute Gasteiger partial charge is 0.335 e. The minimum Gasteiger partial charge on any atom is -0.489 e. The molecule has 0 saturated carbocycles. The molecule has 0 bridgehead atoms. The van der Waals surface area contributed by atoms with Crippen molar-refractivity contribution in [2.75, 3.05) is 18.5 Å². The van der Waals surface area contributed by atoms with Gasteiger partial charge in [-0.15, -0.1) is 0 Å². The quantitative estimate of drug-likeness (QED) is 0.120. The summed E-state index contributed by atoms with van der Waals surface area (Å²) in [6.07, 6.45) is 5.20. The number of aromatic nitrogens is 6. The number of carboxylic acids is 1. The highest BCUT2D eigenvalue weighted by atomic mass is 16.5. The lowest BCUT2D eigenvalue weighted by molar-refractivity contribution is -0.123. The summed E-state index contributed by atoms with van der Waals surface area (Å²) in [6.45, 7) is 11.9. The van der Waals surface area contributed by atoms with Crippen molar-refractivity contribution in [2.45, 2.75) is 79.4 Å². The molecule has 2 atom stereocenters. The number of nitrogens with zero attached hydrogens (tertiary/aromatic N) is 6. The molecule has 270 valence electrons. The molecule has 2 aliphatic heterocycles. The molecule has 0 unspecified atom stereocenters. The van der Waals surface area contributed by atoms with Gasteiger partial charge in [-0.05, 0) is 63.9 Å². The van der Waals surface area contributed by atoms with Gasteiger partial charge in [-0.1, -0.05) is 32.9 Å². The third kappa shape index (κ3) is 6.22. The number of nitrogens with one attached hydrogen (secondary N) is 1. The maximum absolute atomic E-state index is 13.6. The van der Waals surface area contributed by atoms with E-state index >= 15 is 0 Å². The number of aromatic carboxylic acids is 1. The van der Waals surface area contributed by atoms with Gasteiger partial charge in [-0.25, -0.2) is 14.8 Å². The fourth-order valence-electron chi connectivity index (χ4n) is 6.85. The number of amides is 1. The Morgan fingerprint density at radius 1 is 0.904 bits per heavy atom. The van der Waals surface area contributed by atoms with Gasteiger partial charge in [0.1, 0.15) is 47.3 Å². The Bertz CT molecular complexity index is 2320. The average molecular weight is 708 g/mol. The fourth-order valence-corrected chi connectivity index (χ4v) is 6.85. The van der Waals surface area contributed by atoms with Crippen molar-refractivity contribution < 1.29 is 33.8 Å².